The fourth-order valence-electron chi connectivity index (χ4n) is 3.01. The SMILES string of the molecule is Fc1ccc(-c2nc(CNCCCOC3CCCCC3)cs2)cc1. The van der Waals surface area contributed by atoms with Crippen molar-refractivity contribution in [3.05, 3.63) is 41.2 Å². The van der Waals surface area contributed by atoms with Crippen LogP contribution in [-0.2, 0) is 11.3 Å². The standard InChI is InChI=1S/C19H25FN2OS/c20-16-9-7-15(8-10-16)19-22-17(14-24-19)13-21-11-4-12-23-18-5-2-1-3-6-18/h7-10,14,18,21H,1-6,11-13H2. The summed E-state index contributed by atoms with van der Waals surface area (Å²) < 4.78 is 18.9. The summed E-state index contributed by atoms with van der Waals surface area (Å²) in [7, 11) is 0. The van der Waals surface area contributed by atoms with Gasteiger partial charge in [-0.05, 0) is 50.1 Å². The van der Waals surface area contributed by atoms with Crippen molar-refractivity contribution in [2.24, 2.45) is 0 Å². The first kappa shape index (κ1) is 17.5. The third kappa shape index (κ3) is 5.36. The van der Waals surface area contributed by atoms with Crippen molar-refractivity contribution < 1.29 is 9.13 Å². The van der Waals surface area contributed by atoms with Crippen LogP contribution in [0.4, 0.5) is 4.39 Å². The number of thiazole rings is 1. The van der Waals surface area contributed by atoms with Gasteiger partial charge in [-0.15, -0.1) is 11.3 Å². The van der Waals surface area contributed by atoms with Crippen LogP contribution in [0.3, 0.4) is 0 Å². The zero-order valence-corrected chi connectivity index (χ0v) is 14.8. The van der Waals surface area contributed by atoms with Crippen LogP contribution < -0.4 is 5.32 Å². The predicted octanol–water partition coefficient (Wildman–Crippen LogP) is 4.78. The molecule has 0 amide bonds. The van der Waals surface area contributed by atoms with Crippen molar-refractivity contribution in [2.75, 3.05) is 13.2 Å². The van der Waals surface area contributed by atoms with Crippen molar-refractivity contribution in [1.29, 1.82) is 0 Å². The quantitative estimate of drug-likeness (QED) is 0.697. The number of ether oxygens (including phenoxy) is 1. The van der Waals surface area contributed by atoms with Gasteiger partial charge < -0.3 is 10.1 Å². The summed E-state index contributed by atoms with van der Waals surface area (Å²) >= 11 is 1.60. The second kappa shape index (κ2) is 9.25. The van der Waals surface area contributed by atoms with Crippen LogP contribution in [0, 0.1) is 5.82 Å². The Morgan fingerprint density at radius 2 is 1.96 bits per heavy atom. The molecule has 0 bridgehead atoms. The minimum atomic E-state index is -0.215. The fraction of sp³-hybridized carbons (Fsp3) is 0.526. The lowest BCUT2D eigenvalue weighted by atomic mass is 9.98. The topological polar surface area (TPSA) is 34.2 Å². The monoisotopic (exact) mass is 348 g/mol. The van der Waals surface area contributed by atoms with Crippen molar-refractivity contribution in [3.63, 3.8) is 0 Å². The van der Waals surface area contributed by atoms with Gasteiger partial charge in [-0.2, -0.15) is 0 Å². The van der Waals surface area contributed by atoms with E-state index in [-0.39, 0.29) is 5.82 Å². The highest BCUT2D eigenvalue weighted by Crippen LogP contribution is 2.24. The first-order valence-corrected chi connectivity index (χ1v) is 9.72. The maximum Gasteiger partial charge on any atom is 0.123 e. The summed E-state index contributed by atoms with van der Waals surface area (Å²) in [5.41, 5.74) is 2.00. The Morgan fingerprint density at radius 1 is 1.17 bits per heavy atom. The number of halogens is 1. The minimum absolute atomic E-state index is 0.215. The van der Waals surface area contributed by atoms with E-state index in [4.69, 9.17) is 4.74 Å². The van der Waals surface area contributed by atoms with Gasteiger partial charge in [-0.1, -0.05) is 19.3 Å². The molecule has 5 heteroatoms. The van der Waals surface area contributed by atoms with Crippen LogP contribution >= 0.6 is 11.3 Å². The average Bonchev–Trinajstić information content (AvgIpc) is 3.08. The normalized spacial score (nSPS) is 15.7. The molecule has 1 heterocycles. The molecule has 0 spiro atoms. The number of rotatable bonds is 8. The minimum Gasteiger partial charge on any atom is -0.378 e. The molecule has 0 aliphatic heterocycles. The van der Waals surface area contributed by atoms with Gasteiger partial charge in [0.15, 0.2) is 0 Å². The first-order chi connectivity index (χ1) is 11.8. The largest absolute Gasteiger partial charge is 0.378 e. The van der Waals surface area contributed by atoms with Crippen LogP contribution in [0.15, 0.2) is 29.6 Å². The second-order valence-electron chi connectivity index (χ2n) is 6.31. The summed E-state index contributed by atoms with van der Waals surface area (Å²) in [4.78, 5) is 4.60. The molecule has 0 saturated heterocycles. The average molecular weight is 348 g/mol. The van der Waals surface area contributed by atoms with E-state index in [1.807, 2.05) is 0 Å². The zero-order valence-electron chi connectivity index (χ0n) is 14.0. The summed E-state index contributed by atoms with van der Waals surface area (Å²) in [5, 5.41) is 6.41. The maximum absolute atomic E-state index is 13.0. The van der Waals surface area contributed by atoms with E-state index in [1.165, 1.54) is 44.2 Å². The highest BCUT2D eigenvalue weighted by molar-refractivity contribution is 7.13. The second-order valence-corrected chi connectivity index (χ2v) is 7.17. The molecule has 1 aromatic heterocycles. The molecule has 24 heavy (non-hydrogen) atoms. The van der Waals surface area contributed by atoms with Gasteiger partial charge in [0.2, 0.25) is 0 Å². The molecule has 0 atom stereocenters. The molecule has 3 nitrogen and oxygen atoms in total. The van der Waals surface area contributed by atoms with Gasteiger partial charge in [0, 0.05) is 24.1 Å². The lowest BCUT2D eigenvalue weighted by Gasteiger charge is -2.21. The van der Waals surface area contributed by atoms with Gasteiger partial charge in [0.25, 0.3) is 0 Å². The van der Waals surface area contributed by atoms with Gasteiger partial charge in [-0.25, -0.2) is 9.37 Å². The number of nitrogens with zero attached hydrogens (tertiary/aromatic N) is 1. The zero-order chi connectivity index (χ0) is 16.6. The van der Waals surface area contributed by atoms with Crippen molar-refractivity contribution in [1.82, 2.24) is 10.3 Å². The van der Waals surface area contributed by atoms with E-state index in [2.05, 4.69) is 15.7 Å². The van der Waals surface area contributed by atoms with Crippen molar-refractivity contribution in [3.8, 4) is 10.6 Å². The van der Waals surface area contributed by atoms with Crippen LogP contribution in [0.5, 0.6) is 0 Å². The smallest absolute Gasteiger partial charge is 0.123 e. The third-order valence-corrected chi connectivity index (χ3v) is 5.29. The van der Waals surface area contributed by atoms with Crippen LogP contribution in [0.25, 0.3) is 10.6 Å². The highest BCUT2D eigenvalue weighted by atomic mass is 32.1. The van der Waals surface area contributed by atoms with Gasteiger partial charge >= 0.3 is 0 Å². The summed E-state index contributed by atoms with van der Waals surface area (Å²) in [5.74, 6) is -0.215. The van der Waals surface area contributed by atoms with E-state index in [0.717, 1.165) is 42.4 Å². The molecular weight excluding hydrogens is 323 g/mol. The van der Waals surface area contributed by atoms with Gasteiger partial charge in [-0.3, -0.25) is 0 Å². The van der Waals surface area contributed by atoms with E-state index in [1.54, 1.807) is 23.5 Å². The lowest BCUT2D eigenvalue weighted by Crippen LogP contribution is -2.20. The molecule has 1 fully saturated rings. The molecule has 1 aliphatic rings. The third-order valence-electron chi connectivity index (χ3n) is 4.35. The molecule has 1 N–H and O–H groups in total. The van der Waals surface area contributed by atoms with Gasteiger partial charge in [0.1, 0.15) is 10.8 Å². The molecule has 2 aromatic rings. The highest BCUT2D eigenvalue weighted by Gasteiger charge is 2.12. The van der Waals surface area contributed by atoms with E-state index >= 15 is 0 Å². The molecular formula is C19H25FN2OS. The number of hydrogen-bond donors (Lipinski definition) is 1. The number of aromatic nitrogens is 1. The Labute approximate surface area is 147 Å². The Bertz CT molecular complexity index is 608. The molecule has 3 rings (SSSR count). The van der Waals surface area contributed by atoms with Crippen LogP contribution in [0.2, 0.25) is 0 Å². The molecule has 130 valence electrons. The molecule has 1 aromatic carbocycles. The van der Waals surface area contributed by atoms with E-state index in [9.17, 15) is 4.39 Å². The Morgan fingerprint density at radius 3 is 2.75 bits per heavy atom. The summed E-state index contributed by atoms with van der Waals surface area (Å²) in [6.07, 6.45) is 8.01. The first-order valence-electron chi connectivity index (χ1n) is 8.84. The van der Waals surface area contributed by atoms with Crippen molar-refractivity contribution in [2.45, 2.75) is 51.2 Å². The van der Waals surface area contributed by atoms with Crippen LogP contribution in [0.1, 0.15) is 44.2 Å². The predicted molar refractivity (Wildman–Crippen MR) is 96.7 cm³/mol. The number of benzene rings is 1. The summed E-state index contributed by atoms with van der Waals surface area (Å²) in [6, 6.07) is 6.49. The maximum atomic E-state index is 13.0. The Hall–Kier alpha value is -1.30. The molecule has 0 unspecified atom stereocenters. The molecule has 1 aliphatic carbocycles. The lowest BCUT2D eigenvalue weighted by molar-refractivity contribution is 0.0273. The fourth-order valence-corrected chi connectivity index (χ4v) is 3.83. The van der Waals surface area contributed by atoms with E-state index < -0.39 is 0 Å². The van der Waals surface area contributed by atoms with Crippen molar-refractivity contribution >= 4 is 11.3 Å². The van der Waals surface area contributed by atoms with Crippen LogP contribution in [-0.4, -0.2) is 24.2 Å². The Kier molecular flexibility index (Phi) is 6.75. The van der Waals surface area contributed by atoms with Gasteiger partial charge in [0.05, 0.1) is 11.8 Å². The number of nitrogens with one attached hydrogen (secondary N) is 1. The van der Waals surface area contributed by atoms with E-state index in [0.29, 0.717) is 6.10 Å². The Balaban J connectivity index is 1.33. The molecule has 0 radical (unpaired) electrons. The summed E-state index contributed by atoms with van der Waals surface area (Å²) in [6.45, 7) is 2.55. The number of hydrogen-bond acceptors (Lipinski definition) is 4. The molecule has 1 saturated carbocycles.